The van der Waals surface area contributed by atoms with Crippen molar-refractivity contribution in [1.29, 1.82) is 0 Å². The number of aliphatic hydroxyl groups is 1. The number of aliphatic hydroxyl groups excluding tert-OH is 1. The highest BCUT2D eigenvalue weighted by Gasteiger charge is 2.52. The second-order valence-corrected chi connectivity index (χ2v) is 12.1. The summed E-state index contributed by atoms with van der Waals surface area (Å²) in [5.41, 5.74) is 0.926. The molecule has 0 spiro atoms. The van der Waals surface area contributed by atoms with Gasteiger partial charge in [0.2, 0.25) is 11.8 Å². The molecule has 11 nitrogen and oxygen atoms in total. The highest BCUT2D eigenvalue weighted by molar-refractivity contribution is 5.94. The molecule has 1 aliphatic carbocycles. The van der Waals surface area contributed by atoms with Crippen molar-refractivity contribution in [2.45, 2.75) is 108 Å². The fraction of sp³-hybridized carbons (Fsp3) is 0.600. The zero-order valence-corrected chi connectivity index (χ0v) is 28.0. The lowest BCUT2D eigenvalue weighted by Crippen LogP contribution is -2.44. The second kappa shape index (κ2) is 19.4. The van der Waals surface area contributed by atoms with Crippen LogP contribution in [0.15, 0.2) is 42.0 Å². The smallest absolute Gasteiger partial charge is 0.422 e. The molecule has 3 rings (SSSR count). The van der Waals surface area contributed by atoms with E-state index in [-0.39, 0.29) is 44.0 Å². The SMILES string of the molecule is CCCCCC1(CCCCC)O[C@@H]2[C@@H](C=C(C(=O)NCCC(=O)NCCO)C[C@H]2OC(=O)c2ccc(C=CC(=O)OCC(F)(F)F)cc2)O1. The predicted octanol–water partition coefficient (Wildman–Crippen LogP) is 4.92. The number of carbonyl (C=O) groups is 4. The Morgan fingerprint density at radius 3 is 2.27 bits per heavy atom. The Morgan fingerprint density at radius 1 is 0.980 bits per heavy atom. The molecule has 0 unspecified atom stereocenters. The topological polar surface area (TPSA) is 149 Å². The third-order valence-corrected chi connectivity index (χ3v) is 8.06. The van der Waals surface area contributed by atoms with Gasteiger partial charge in [0.1, 0.15) is 18.3 Å². The summed E-state index contributed by atoms with van der Waals surface area (Å²) >= 11 is 0. The lowest BCUT2D eigenvalue weighted by atomic mass is 9.91. The zero-order chi connectivity index (χ0) is 35.9. The van der Waals surface area contributed by atoms with Crippen LogP contribution >= 0.6 is 0 Å². The number of unbranched alkanes of at least 4 members (excludes halogenated alkanes) is 4. The quantitative estimate of drug-likeness (QED) is 0.104. The van der Waals surface area contributed by atoms with Gasteiger partial charge < -0.3 is 34.7 Å². The van der Waals surface area contributed by atoms with Crippen LogP contribution in [0.1, 0.15) is 94.0 Å². The van der Waals surface area contributed by atoms with Gasteiger partial charge in [0.15, 0.2) is 12.4 Å². The summed E-state index contributed by atoms with van der Waals surface area (Å²) in [6, 6.07) is 5.87. The number of carbonyl (C=O) groups excluding carboxylic acids is 4. The van der Waals surface area contributed by atoms with Crippen LogP contribution < -0.4 is 10.6 Å². The van der Waals surface area contributed by atoms with Gasteiger partial charge in [-0.2, -0.15) is 13.2 Å². The maximum absolute atomic E-state index is 13.4. The van der Waals surface area contributed by atoms with Gasteiger partial charge in [-0.3, -0.25) is 9.59 Å². The van der Waals surface area contributed by atoms with E-state index in [0.717, 1.165) is 44.6 Å². The largest absolute Gasteiger partial charge is 0.456 e. The van der Waals surface area contributed by atoms with Gasteiger partial charge in [0.25, 0.3) is 0 Å². The predicted molar refractivity (Wildman–Crippen MR) is 173 cm³/mol. The number of nitrogens with one attached hydrogen (secondary N) is 2. The maximum Gasteiger partial charge on any atom is 0.422 e. The van der Waals surface area contributed by atoms with E-state index in [4.69, 9.17) is 19.3 Å². The summed E-state index contributed by atoms with van der Waals surface area (Å²) < 4.78 is 60.1. The Balaban J connectivity index is 1.75. The summed E-state index contributed by atoms with van der Waals surface area (Å²) in [5, 5.41) is 14.1. The molecule has 49 heavy (non-hydrogen) atoms. The molecule has 1 heterocycles. The molecule has 0 bridgehead atoms. The molecule has 0 radical (unpaired) electrons. The van der Waals surface area contributed by atoms with Gasteiger partial charge in [0, 0.05) is 50.4 Å². The van der Waals surface area contributed by atoms with E-state index in [1.807, 2.05) is 0 Å². The lowest BCUT2D eigenvalue weighted by Gasteiger charge is -2.31. The van der Waals surface area contributed by atoms with Gasteiger partial charge >= 0.3 is 18.1 Å². The van der Waals surface area contributed by atoms with Crippen LogP contribution in [0.2, 0.25) is 0 Å². The third kappa shape index (κ3) is 13.2. The monoisotopic (exact) mass is 696 g/mol. The fourth-order valence-corrected chi connectivity index (χ4v) is 5.59. The number of hydrogen-bond donors (Lipinski definition) is 3. The van der Waals surface area contributed by atoms with Crippen molar-refractivity contribution in [1.82, 2.24) is 10.6 Å². The summed E-state index contributed by atoms with van der Waals surface area (Å²) in [4.78, 5) is 50.1. The Labute approximate surface area is 284 Å². The normalized spacial score (nSPS) is 20.0. The molecule has 0 aromatic heterocycles. The molecular weight excluding hydrogens is 649 g/mol. The second-order valence-electron chi connectivity index (χ2n) is 12.1. The lowest BCUT2D eigenvalue weighted by molar-refractivity contribution is -0.190. The molecular formula is C35H47F3N2O9. The summed E-state index contributed by atoms with van der Waals surface area (Å²) in [6.07, 6.45) is 4.09. The molecule has 1 aliphatic heterocycles. The van der Waals surface area contributed by atoms with Crippen LogP contribution in [0.3, 0.4) is 0 Å². The molecule has 0 saturated carbocycles. The van der Waals surface area contributed by atoms with Crippen molar-refractivity contribution in [2.24, 2.45) is 0 Å². The molecule has 3 N–H and O–H groups in total. The van der Waals surface area contributed by atoms with Crippen molar-refractivity contribution < 1.29 is 56.4 Å². The van der Waals surface area contributed by atoms with Crippen molar-refractivity contribution in [3.63, 3.8) is 0 Å². The molecule has 1 aromatic rings. The first kappa shape index (κ1) is 39.7. The van der Waals surface area contributed by atoms with Gasteiger partial charge in [-0.05, 0) is 42.7 Å². The Kier molecular flexibility index (Phi) is 15.7. The summed E-state index contributed by atoms with van der Waals surface area (Å²) in [5.74, 6) is -3.50. The first-order chi connectivity index (χ1) is 23.4. The Hall–Kier alpha value is -3.75. The van der Waals surface area contributed by atoms with Crippen molar-refractivity contribution in [3.05, 3.63) is 53.1 Å². The minimum absolute atomic E-state index is 0.0149. The number of alkyl halides is 3. The minimum Gasteiger partial charge on any atom is -0.456 e. The van der Waals surface area contributed by atoms with Gasteiger partial charge in [-0.25, -0.2) is 9.59 Å². The molecule has 2 amide bonds. The molecule has 14 heteroatoms. The zero-order valence-electron chi connectivity index (χ0n) is 28.0. The van der Waals surface area contributed by atoms with Crippen LogP contribution in [0.5, 0.6) is 0 Å². The summed E-state index contributed by atoms with van der Waals surface area (Å²) in [6.45, 7) is 2.49. The molecule has 1 fully saturated rings. The number of halogens is 3. The third-order valence-electron chi connectivity index (χ3n) is 8.06. The highest BCUT2D eigenvalue weighted by atomic mass is 19.4. The standard InChI is InChI=1S/C35H47F3N2O9/c1-3-5-7-16-34(17-8-6-4-2)48-28-22-26(32(44)40-18-15-29(42)39-19-20-41)21-27(31(28)49-34)47-33(45)25-12-9-24(10-13-25)11-14-30(43)46-23-35(36,37)38/h9-14,22,27-28,31,41H,3-8,15-21,23H2,1-2H3,(H,39,42)(H,40,44)/t27-,28-,31+/m1/s1. The molecule has 272 valence electrons. The molecule has 1 saturated heterocycles. The van der Waals surface area contributed by atoms with Crippen LogP contribution in [-0.2, 0) is 33.3 Å². The molecule has 2 aliphatic rings. The number of fused-ring (bicyclic) bond motifs is 1. The highest BCUT2D eigenvalue weighted by Crippen LogP contribution is 2.43. The van der Waals surface area contributed by atoms with Gasteiger partial charge in [-0.1, -0.05) is 51.7 Å². The Bertz CT molecular complexity index is 1300. The van der Waals surface area contributed by atoms with Gasteiger partial charge in [-0.15, -0.1) is 0 Å². The van der Waals surface area contributed by atoms with Crippen molar-refractivity contribution in [2.75, 3.05) is 26.3 Å². The van der Waals surface area contributed by atoms with Crippen LogP contribution in [0.4, 0.5) is 13.2 Å². The molecule has 1 aromatic carbocycles. The van der Waals surface area contributed by atoms with E-state index >= 15 is 0 Å². The summed E-state index contributed by atoms with van der Waals surface area (Å²) in [7, 11) is 0. The number of hydrogen-bond acceptors (Lipinski definition) is 9. The van der Waals surface area contributed by atoms with E-state index < -0.39 is 54.7 Å². The maximum atomic E-state index is 13.4. The van der Waals surface area contributed by atoms with E-state index in [2.05, 4.69) is 29.2 Å². The minimum atomic E-state index is -4.63. The van der Waals surface area contributed by atoms with Crippen LogP contribution in [0, 0.1) is 0 Å². The van der Waals surface area contributed by atoms with E-state index in [9.17, 15) is 32.3 Å². The number of rotatable bonds is 19. The number of benzene rings is 1. The van der Waals surface area contributed by atoms with E-state index in [1.165, 1.54) is 30.3 Å². The first-order valence-corrected chi connectivity index (χ1v) is 16.8. The Morgan fingerprint density at radius 2 is 1.65 bits per heavy atom. The van der Waals surface area contributed by atoms with Crippen LogP contribution in [0.25, 0.3) is 6.08 Å². The van der Waals surface area contributed by atoms with Crippen LogP contribution in [-0.4, -0.2) is 85.4 Å². The first-order valence-electron chi connectivity index (χ1n) is 16.8. The van der Waals surface area contributed by atoms with Crippen molar-refractivity contribution >= 4 is 29.8 Å². The number of esters is 2. The van der Waals surface area contributed by atoms with Gasteiger partial charge in [0.05, 0.1) is 12.2 Å². The number of ether oxygens (including phenoxy) is 4. The van der Waals surface area contributed by atoms with E-state index in [0.29, 0.717) is 24.0 Å². The number of amides is 2. The average Bonchev–Trinajstić information content (AvgIpc) is 3.44. The fourth-order valence-electron chi connectivity index (χ4n) is 5.59. The van der Waals surface area contributed by atoms with E-state index in [1.54, 1.807) is 6.08 Å². The van der Waals surface area contributed by atoms with Crippen molar-refractivity contribution in [3.8, 4) is 0 Å². The average molecular weight is 697 g/mol. The molecule has 3 atom stereocenters.